The van der Waals surface area contributed by atoms with Crippen molar-refractivity contribution in [2.45, 2.75) is 33.2 Å². The molecule has 0 bridgehead atoms. The summed E-state index contributed by atoms with van der Waals surface area (Å²) in [6, 6.07) is 14.7. The fourth-order valence-electron chi connectivity index (χ4n) is 3.93. The Morgan fingerprint density at radius 2 is 1.83 bits per heavy atom. The molecule has 0 aliphatic rings. The van der Waals surface area contributed by atoms with Crippen molar-refractivity contribution in [3.05, 3.63) is 78.6 Å². The van der Waals surface area contributed by atoms with Gasteiger partial charge in [-0.25, -0.2) is 4.98 Å². The molecule has 29 heavy (non-hydrogen) atoms. The van der Waals surface area contributed by atoms with E-state index in [1.165, 1.54) is 5.56 Å². The number of hydrogen-bond donors (Lipinski definition) is 0. The molecule has 0 radical (unpaired) electrons. The Morgan fingerprint density at radius 1 is 1.03 bits per heavy atom. The summed E-state index contributed by atoms with van der Waals surface area (Å²) in [6.07, 6.45) is 8.86. The van der Waals surface area contributed by atoms with E-state index in [1.807, 2.05) is 42.6 Å². The van der Waals surface area contributed by atoms with E-state index in [9.17, 15) is 0 Å². The number of benzene rings is 1. The van der Waals surface area contributed by atoms with Crippen LogP contribution < -0.4 is 0 Å². The van der Waals surface area contributed by atoms with Gasteiger partial charge in [0.1, 0.15) is 0 Å². The molecule has 148 valence electrons. The second-order valence-electron chi connectivity index (χ2n) is 7.95. The third-order valence-electron chi connectivity index (χ3n) is 5.21. The first-order chi connectivity index (χ1) is 14.0. The van der Waals surface area contributed by atoms with Gasteiger partial charge in [0.15, 0.2) is 0 Å². The van der Waals surface area contributed by atoms with E-state index in [2.05, 4.69) is 71.9 Å². The van der Waals surface area contributed by atoms with E-state index in [-0.39, 0.29) is 6.04 Å². The number of imidazole rings is 1. The van der Waals surface area contributed by atoms with Gasteiger partial charge in [-0.2, -0.15) is 5.10 Å². The summed E-state index contributed by atoms with van der Waals surface area (Å²) >= 11 is 0. The Labute approximate surface area is 172 Å². The van der Waals surface area contributed by atoms with E-state index < -0.39 is 0 Å². The molecule has 0 spiro atoms. The van der Waals surface area contributed by atoms with Crippen LogP contribution in [0.2, 0.25) is 0 Å². The van der Waals surface area contributed by atoms with Gasteiger partial charge in [-0.3, -0.25) is 9.67 Å². The molecule has 0 aliphatic heterocycles. The lowest BCUT2D eigenvalue weighted by Gasteiger charge is -2.23. The van der Waals surface area contributed by atoms with Gasteiger partial charge in [-0.05, 0) is 30.9 Å². The predicted molar refractivity (Wildman–Crippen MR) is 116 cm³/mol. The van der Waals surface area contributed by atoms with E-state index in [4.69, 9.17) is 4.98 Å². The minimum absolute atomic E-state index is 0.156. The quantitative estimate of drug-likeness (QED) is 0.453. The molecule has 4 rings (SSSR count). The minimum atomic E-state index is 0.156. The van der Waals surface area contributed by atoms with Gasteiger partial charge in [0, 0.05) is 36.8 Å². The third kappa shape index (κ3) is 3.86. The van der Waals surface area contributed by atoms with Crippen LogP contribution in [0.5, 0.6) is 0 Å². The van der Waals surface area contributed by atoms with Crippen LogP contribution in [-0.4, -0.2) is 24.3 Å². The maximum atomic E-state index is 4.87. The molecular weight excluding hydrogens is 358 g/mol. The molecule has 4 aromatic rings. The molecule has 3 heterocycles. The molecule has 0 saturated heterocycles. The summed E-state index contributed by atoms with van der Waals surface area (Å²) in [7, 11) is 1.96. The van der Waals surface area contributed by atoms with Gasteiger partial charge in [0.25, 0.3) is 0 Å². The van der Waals surface area contributed by atoms with Crippen molar-refractivity contribution in [3.8, 4) is 22.5 Å². The van der Waals surface area contributed by atoms with Gasteiger partial charge in [-0.15, -0.1) is 0 Å². The minimum Gasteiger partial charge on any atom is -0.322 e. The van der Waals surface area contributed by atoms with Gasteiger partial charge >= 0.3 is 0 Å². The topological polar surface area (TPSA) is 48.5 Å². The Balaban J connectivity index is 1.95. The molecule has 1 atom stereocenters. The zero-order valence-electron chi connectivity index (χ0n) is 17.4. The third-order valence-corrected chi connectivity index (χ3v) is 5.21. The normalized spacial score (nSPS) is 12.4. The summed E-state index contributed by atoms with van der Waals surface area (Å²) in [5, 5.41) is 4.60. The number of aromatic nitrogens is 5. The highest BCUT2D eigenvalue weighted by Crippen LogP contribution is 2.37. The number of pyridine rings is 1. The van der Waals surface area contributed by atoms with Crippen LogP contribution in [0, 0.1) is 12.8 Å². The monoisotopic (exact) mass is 385 g/mol. The standard InChI is InChI=1S/C24H27N5/c1-17(2)13-22(20-11-8-12-25-14-20)29-16-26-23(19-9-6-5-7-10-19)24(29)21-15-28(4)27-18(21)3/h5-12,14-17,22H,13H2,1-4H3/t22-/m0/s1. The number of hydrogen-bond acceptors (Lipinski definition) is 3. The van der Waals surface area contributed by atoms with Crippen molar-refractivity contribution in [1.29, 1.82) is 0 Å². The summed E-state index contributed by atoms with van der Waals surface area (Å²) in [5.41, 5.74) is 6.51. The summed E-state index contributed by atoms with van der Waals surface area (Å²) in [5.74, 6) is 0.533. The molecule has 0 unspecified atom stereocenters. The van der Waals surface area contributed by atoms with Crippen LogP contribution in [-0.2, 0) is 7.05 Å². The van der Waals surface area contributed by atoms with Crippen LogP contribution in [0.25, 0.3) is 22.5 Å². The second-order valence-corrected chi connectivity index (χ2v) is 7.95. The maximum absolute atomic E-state index is 4.87. The van der Waals surface area contributed by atoms with Crippen LogP contribution in [0.1, 0.15) is 37.6 Å². The van der Waals surface area contributed by atoms with Gasteiger partial charge in [-0.1, -0.05) is 50.2 Å². The molecule has 1 aromatic carbocycles. The van der Waals surface area contributed by atoms with Crippen molar-refractivity contribution < 1.29 is 0 Å². The Bertz CT molecular complexity index is 1080. The lowest BCUT2D eigenvalue weighted by molar-refractivity contribution is 0.453. The zero-order chi connectivity index (χ0) is 20.4. The fraction of sp³-hybridized carbons (Fsp3) is 0.292. The number of nitrogens with zero attached hydrogens (tertiary/aromatic N) is 5. The molecule has 0 amide bonds. The largest absolute Gasteiger partial charge is 0.322 e. The average Bonchev–Trinajstić information content (AvgIpc) is 3.29. The highest BCUT2D eigenvalue weighted by Gasteiger charge is 2.25. The van der Waals surface area contributed by atoms with E-state index in [1.54, 1.807) is 0 Å². The smallest absolute Gasteiger partial charge is 0.0964 e. The van der Waals surface area contributed by atoms with Crippen LogP contribution in [0.15, 0.2) is 67.4 Å². The zero-order valence-corrected chi connectivity index (χ0v) is 17.4. The molecule has 0 saturated carbocycles. The first kappa shape index (κ1) is 19.1. The SMILES string of the molecule is Cc1nn(C)cc1-c1c(-c2ccccc2)ncn1[C@@H](CC(C)C)c1cccnc1. The molecule has 5 nitrogen and oxygen atoms in total. The molecule has 3 aromatic heterocycles. The first-order valence-electron chi connectivity index (χ1n) is 10.1. The van der Waals surface area contributed by atoms with Crippen molar-refractivity contribution in [2.24, 2.45) is 13.0 Å². The van der Waals surface area contributed by atoms with E-state index >= 15 is 0 Å². The van der Waals surface area contributed by atoms with Crippen LogP contribution in [0.3, 0.4) is 0 Å². The van der Waals surface area contributed by atoms with Gasteiger partial charge in [0.2, 0.25) is 0 Å². The molecule has 0 N–H and O–H groups in total. The van der Waals surface area contributed by atoms with Gasteiger partial charge in [0.05, 0.1) is 29.5 Å². The Kier molecular flexibility index (Phi) is 5.30. The van der Waals surface area contributed by atoms with E-state index in [0.717, 1.165) is 34.6 Å². The fourth-order valence-corrected chi connectivity index (χ4v) is 3.93. The summed E-state index contributed by atoms with van der Waals surface area (Å²) in [6.45, 7) is 6.57. The van der Waals surface area contributed by atoms with Crippen LogP contribution >= 0.6 is 0 Å². The van der Waals surface area contributed by atoms with E-state index in [0.29, 0.717) is 5.92 Å². The van der Waals surface area contributed by atoms with Crippen LogP contribution in [0.4, 0.5) is 0 Å². The summed E-state index contributed by atoms with van der Waals surface area (Å²) in [4.78, 5) is 9.25. The lowest BCUT2D eigenvalue weighted by Crippen LogP contribution is -2.14. The van der Waals surface area contributed by atoms with Crippen molar-refractivity contribution in [3.63, 3.8) is 0 Å². The number of rotatable bonds is 6. The predicted octanol–water partition coefficient (Wildman–Crippen LogP) is 5.29. The van der Waals surface area contributed by atoms with Crippen molar-refractivity contribution in [2.75, 3.05) is 0 Å². The van der Waals surface area contributed by atoms with Crippen molar-refractivity contribution in [1.82, 2.24) is 24.3 Å². The summed E-state index contributed by atoms with van der Waals surface area (Å²) < 4.78 is 4.18. The average molecular weight is 386 g/mol. The molecule has 0 fully saturated rings. The lowest BCUT2D eigenvalue weighted by atomic mass is 9.96. The Morgan fingerprint density at radius 3 is 2.45 bits per heavy atom. The highest BCUT2D eigenvalue weighted by atomic mass is 15.3. The maximum Gasteiger partial charge on any atom is 0.0964 e. The van der Waals surface area contributed by atoms with Crippen molar-refractivity contribution >= 4 is 0 Å². The Hall–Kier alpha value is -3.21. The highest BCUT2D eigenvalue weighted by molar-refractivity contribution is 5.79. The molecular formula is C24H27N5. The molecule has 5 heteroatoms. The van der Waals surface area contributed by atoms with Gasteiger partial charge < -0.3 is 4.57 Å². The molecule has 0 aliphatic carbocycles. The number of aryl methyl sites for hydroxylation is 2. The first-order valence-corrected chi connectivity index (χ1v) is 10.1. The second kappa shape index (κ2) is 8.03.